The van der Waals surface area contributed by atoms with E-state index in [1.165, 1.54) is 29.2 Å². The van der Waals surface area contributed by atoms with Gasteiger partial charge in [-0.15, -0.1) is 0 Å². The van der Waals surface area contributed by atoms with Gasteiger partial charge in [-0.1, -0.05) is 63.2 Å². The molecule has 3 aromatic rings. The van der Waals surface area contributed by atoms with E-state index in [4.69, 9.17) is 0 Å². The Morgan fingerprint density at radius 2 is 1.39 bits per heavy atom. The number of imide groups is 1. The van der Waals surface area contributed by atoms with Crippen LogP contribution in [-0.2, 0) is 15.0 Å². The topological polar surface area (TPSA) is 49.4 Å². The van der Waals surface area contributed by atoms with Gasteiger partial charge in [0.15, 0.2) is 0 Å². The minimum absolute atomic E-state index is 0.0414. The van der Waals surface area contributed by atoms with Gasteiger partial charge in [-0.3, -0.25) is 9.59 Å². The molecule has 0 bridgehead atoms. The number of carbonyl (C=O) groups excluding carboxylic acids is 2. The van der Waals surface area contributed by atoms with E-state index in [1.54, 1.807) is 24.3 Å². The molecule has 0 fully saturated rings. The Labute approximate surface area is 181 Å². The smallest absolute Gasteiger partial charge is 0.282 e. The first kappa shape index (κ1) is 20.5. The number of amides is 2. The lowest BCUT2D eigenvalue weighted by Crippen LogP contribution is -2.32. The van der Waals surface area contributed by atoms with Gasteiger partial charge in [0.1, 0.15) is 11.5 Å². The Bertz CT molecular complexity index is 1160. The maximum Gasteiger partial charge on any atom is 0.282 e. The van der Waals surface area contributed by atoms with Crippen LogP contribution < -0.4 is 10.2 Å². The molecule has 0 unspecified atom stereocenters. The van der Waals surface area contributed by atoms with Crippen molar-refractivity contribution in [3.8, 4) is 0 Å². The number of nitrogens with one attached hydrogen (secondary N) is 1. The number of hydrogen-bond donors (Lipinski definition) is 1. The molecule has 2 amide bonds. The fourth-order valence-electron chi connectivity index (χ4n) is 3.54. The largest absolute Gasteiger partial charge is 0.350 e. The van der Waals surface area contributed by atoms with Crippen LogP contribution in [0, 0.1) is 5.82 Å². The van der Waals surface area contributed by atoms with Crippen LogP contribution >= 0.6 is 0 Å². The molecule has 1 N–H and O–H groups in total. The quantitative estimate of drug-likeness (QED) is 0.572. The van der Waals surface area contributed by atoms with Crippen LogP contribution in [0.15, 0.2) is 84.6 Å². The molecule has 0 aliphatic carbocycles. The number of nitrogens with zero attached hydrogens (tertiary/aromatic N) is 1. The van der Waals surface area contributed by atoms with Crippen LogP contribution in [0.1, 0.15) is 31.9 Å². The lowest BCUT2D eigenvalue weighted by molar-refractivity contribution is -0.120. The Morgan fingerprint density at radius 3 is 1.97 bits per heavy atom. The van der Waals surface area contributed by atoms with Crippen LogP contribution in [0.3, 0.4) is 0 Å². The molecular weight excluding hydrogens is 391 g/mol. The van der Waals surface area contributed by atoms with Crippen molar-refractivity contribution in [2.24, 2.45) is 0 Å². The van der Waals surface area contributed by atoms with Gasteiger partial charge in [-0.2, -0.15) is 0 Å². The van der Waals surface area contributed by atoms with E-state index in [0.717, 1.165) is 5.56 Å². The summed E-state index contributed by atoms with van der Waals surface area (Å²) in [5, 5.41) is 3.03. The lowest BCUT2D eigenvalue weighted by Gasteiger charge is -2.21. The van der Waals surface area contributed by atoms with E-state index in [9.17, 15) is 14.0 Å². The molecule has 4 nitrogen and oxygen atoms in total. The van der Waals surface area contributed by atoms with Gasteiger partial charge in [0, 0.05) is 5.69 Å². The Kier molecular flexibility index (Phi) is 5.19. The van der Waals surface area contributed by atoms with Crippen molar-refractivity contribution in [3.05, 3.63) is 102 Å². The zero-order valence-electron chi connectivity index (χ0n) is 17.6. The van der Waals surface area contributed by atoms with Crippen molar-refractivity contribution in [2.75, 3.05) is 10.2 Å². The van der Waals surface area contributed by atoms with Crippen molar-refractivity contribution in [3.63, 3.8) is 0 Å². The van der Waals surface area contributed by atoms with Crippen LogP contribution in [0.25, 0.3) is 5.57 Å². The summed E-state index contributed by atoms with van der Waals surface area (Å²) >= 11 is 0. The van der Waals surface area contributed by atoms with E-state index >= 15 is 0 Å². The van der Waals surface area contributed by atoms with E-state index < -0.39 is 11.8 Å². The predicted octanol–water partition coefficient (Wildman–Crippen LogP) is 5.52. The van der Waals surface area contributed by atoms with Gasteiger partial charge in [-0.05, 0) is 52.9 Å². The lowest BCUT2D eigenvalue weighted by atomic mass is 9.87. The SMILES string of the molecule is CC(C)(C)c1ccc(N2C(=O)C(Nc3ccc(F)cc3)=C(c3ccccc3)C2=O)cc1. The molecule has 0 saturated heterocycles. The Morgan fingerprint density at radius 1 is 0.774 bits per heavy atom. The summed E-state index contributed by atoms with van der Waals surface area (Å²) in [6.07, 6.45) is 0. The average molecular weight is 414 g/mol. The predicted molar refractivity (Wildman–Crippen MR) is 121 cm³/mol. The highest BCUT2D eigenvalue weighted by Crippen LogP contribution is 2.34. The number of carbonyl (C=O) groups is 2. The summed E-state index contributed by atoms with van der Waals surface area (Å²) < 4.78 is 13.3. The van der Waals surface area contributed by atoms with Crippen LogP contribution in [-0.4, -0.2) is 11.8 Å². The summed E-state index contributed by atoms with van der Waals surface area (Å²) in [6.45, 7) is 6.32. The Hall–Kier alpha value is -3.73. The maximum atomic E-state index is 13.4. The minimum atomic E-state index is -0.448. The van der Waals surface area contributed by atoms with Gasteiger partial charge in [0.2, 0.25) is 0 Å². The molecule has 0 spiro atoms. The second-order valence-electron chi connectivity index (χ2n) is 8.49. The van der Waals surface area contributed by atoms with Crippen molar-refractivity contribution in [1.82, 2.24) is 0 Å². The first-order valence-corrected chi connectivity index (χ1v) is 10.1. The normalized spacial score (nSPS) is 14.4. The zero-order chi connectivity index (χ0) is 22.2. The highest BCUT2D eigenvalue weighted by atomic mass is 19.1. The summed E-state index contributed by atoms with van der Waals surface area (Å²) in [4.78, 5) is 27.9. The van der Waals surface area contributed by atoms with E-state index in [2.05, 4.69) is 26.1 Å². The molecule has 0 radical (unpaired) electrons. The fraction of sp³-hybridized carbons (Fsp3) is 0.154. The minimum Gasteiger partial charge on any atom is -0.350 e. The van der Waals surface area contributed by atoms with Gasteiger partial charge in [0.25, 0.3) is 11.8 Å². The number of benzene rings is 3. The van der Waals surface area contributed by atoms with Gasteiger partial charge in [-0.25, -0.2) is 9.29 Å². The molecule has 0 aromatic heterocycles. The molecule has 1 heterocycles. The first-order chi connectivity index (χ1) is 14.8. The van der Waals surface area contributed by atoms with E-state index in [-0.39, 0.29) is 22.5 Å². The highest BCUT2D eigenvalue weighted by Gasteiger charge is 2.40. The monoisotopic (exact) mass is 414 g/mol. The van der Waals surface area contributed by atoms with Crippen LogP contribution in [0.4, 0.5) is 15.8 Å². The van der Waals surface area contributed by atoms with Gasteiger partial charge >= 0.3 is 0 Å². The van der Waals surface area contributed by atoms with Crippen molar-refractivity contribution >= 4 is 28.8 Å². The van der Waals surface area contributed by atoms with Crippen molar-refractivity contribution in [2.45, 2.75) is 26.2 Å². The molecule has 4 rings (SSSR count). The molecule has 3 aromatic carbocycles. The maximum absolute atomic E-state index is 13.4. The third-order valence-corrected chi connectivity index (χ3v) is 5.25. The third-order valence-electron chi connectivity index (χ3n) is 5.25. The van der Waals surface area contributed by atoms with E-state index in [1.807, 2.05) is 30.3 Å². The summed E-state index contributed by atoms with van der Waals surface area (Å²) in [5.74, 6) is -1.22. The third kappa shape index (κ3) is 3.99. The summed E-state index contributed by atoms with van der Waals surface area (Å²) in [6, 6.07) is 22.2. The number of anilines is 2. The molecular formula is C26H23FN2O2. The van der Waals surface area contributed by atoms with Gasteiger partial charge < -0.3 is 5.32 Å². The molecule has 1 aliphatic heterocycles. The van der Waals surface area contributed by atoms with Gasteiger partial charge in [0.05, 0.1) is 11.3 Å². The van der Waals surface area contributed by atoms with Crippen LogP contribution in [0.2, 0.25) is 0 Å². The fourth-order valence-corrected chi connectivity index (χ4v) is 3.54. The summed E-state index contributed by atoms with van der Waals surface area (Å²) in [5.41, 5.74) is 3.19. The molecule has 156 valence electrons. The first-order valence-electron chi connectivity index (χ1n) is 10.1. The van der Waals surface area contributed by atoms with Crippen LogP contribution in [0.5, 0.6) is 0 Å². The standard InChI is InChI=1S/C26H23FN2O2/c1-26(2,3)18-9-15-21(16-10-18)29-24(30)22(17-7-5-4-6-8-17)23(25(29)31)28-20-13-11-19(27)12-14-20/h4-16,28H,1-3H3. The molecule has 5 heteroatoms. The second-order valence-corrected chi connectivity index (χ2v) is 8.49. The second kappa shape index (κ2) is 7.84. The van der Waals surface area contributed by atoms with Crippen molar-refractivity contribution in [1.29, 1.82) is 0 Å². The summed E-state index contributed by atoms with van der Waals surface area (Å²) in [7, 11) is 0. The van der Waals surface area contributed by atoms with Crippen molar-refractivity contribution < 1.29 is 14.0 Å². The molecule has 31 heavy (non-hydrogen) atoms. The molecule has 0 saturated carbocycles. The number of rotatable bonds is 4. The average Bonchev–Trinajstić information content (AvgIpc) is 2.99. The number of halogens is 1. The Balaban J connectivity index is 1.76. The zero-order valence-corrected chi connectivity index (χ0v) is 17.6. The molecule has 1 aliphatic rings. The van der Waals surface area contributed by atoms with E-state index in [0.29, 0.717) is 16.9 Å². The highest BCUT2D eigenvalue weighted by molar-refractivity contribution is 6.46. The number of hydrogen-bond acceptors (Lipinski definition) is 3. The molecule has 0 atom stereocenters.